The van der Waals surface area contributed by atoms with E-state index in [1.54, 1.807) is 0 Å². The highest BCUT2D eigenvalue weighted by Gasteiger charge is 2.47. The minimum absolute atomic E-state index is 0.206. The lowest BCUT2D eigenvalue weighted by Gasteiger charge is -2.18. The molecule has 0 bridgehead atoms. The van der Waals surface area contributed by atoms with Crippen LogP contribution in [0.5, 0.6) is 0 Å². The number of likely N-dealkylation sites (tertiary alicyclic amines) is 1. The van der Waals surface area contributed by atoms with Gasteiger partial charge in [0.2, 0.25) is 17.7 Å². The third-order valence-corrected chi connectivity index (χ3v) is 5.55. The van der Waals surface area contributed by atoms with Crippen LogP contribution in [-0.2, 0) is 14.4 Å². The summed E-state index contributed by atoms with van der Waals surface area (Å²) in [6.45, 7) is 1.70. The minimum Gasteiger partial charge on any atom is -0.348 e. The average Bonchev–Trinajstić information content (AvgIpc) is 2.92. The zero-order valence-corrected chi connectivity index (χ0v) is 15.2. The molecule has 0 aromatic heterocycles. The summed E-state index contributed by atoms with van der Waals surface area (Å²) in [5, 5.41) is 5.16. The van der Waals surface area contributed by atoms with E-state index >= 15 is 0 Å². The third kappa shape index (κ3) is 3.25. The van der Waals surface area contributed by atoms with Gasteiger partial charge in [0.1, 0.15) is 6.54 Å². The van der Waals surface area contributed by atoms with E-state index in [4.69, 9.17) is 0 Å². The number of benzene rings is 2. The number of fused-ring (bicyclic) bond motifs is 2. The number of hydrogen-bond acceptors (Lipinski definition) is 3. The van der Waals surface area contributed by atoms with Crippen molar-refractivity contribution >= 4 is 28.5 Å². The lowest BCUT2D eigenvalue weighted by molar-refractivity contribution is -0.143. The van der Waals surface area contributed by atoms with Gasteiger partial charge in [-0.05, 0) is 42.2 Å². The van der Waals surface area contributed by atoms with E-state index in [2.05, 4.69) is 5.32 Å². The van der Waals surface area contributed by atoms with Crippen LogP contribution in [0.15, 0.2) is 54.6 Å². The van der Waals surface area contributed by atoms with Crippen LogP contribution in [0, 0.1) is 11.8 Å². The number of nitrogens with zero attached hydrogens (tertiary/aromatic N) is 1. The van der Waals surface area contributed by atoms with E-state index in [0.29, 0.717) is 12.8 Å². The summed E-state index contributed by atoms with van der Waals surface area (Å²) in [5.41, 5.74) is 0.985. The number of nitrogens with one attached hydrogen (secondary N) is 1. The molecule has 5 heteroatoms. The minimum atomic E-state index is -0.316. The van der Waals surface area contributed by atoms with Gasteiger partial charge in [0.15, 0.2) is 0 Å². The molecule has 27 heavy (non-hydrogen) atoms. The Morgan fingerprint density at radius 3 is 2.33 bits per heavy atom. The summed E-state index contributed by atoms with van der Waals surface area (Å²) in [7, 11) is 0. The first-order valence-corrected chi connectivity index (χ1v) is 9.33. The van der Waals surface area contributed by atoms with Gasteiger partial charge in [-0.15, -0.1) is 0 Å². The highest BCUT2D eigenvalue weighted by atomic mass is 16.2. The summed E-state index contributed by atoms with van der Waals surface area (Å²) in [6.07, 6.45) is 5.05. The first-order chi connectivity index (χ1) is 13.0. The zero-order chi connectivity index (χ0) is 19.0. The van der Waals surface area contributed by atoms with Crippen molar-refractivity contribution in [2.45, 2.75) is 25.8 Å². The van der Waals surface area contributed by atoms with E-state index in [-0.39, 0.29) is 42.1 Å². The highest BCUT2D eigenvalue weighted by Crippen LogP contribution is 2.34. The predicted octanol–water partition coefficient (Wildman–Crippen LogP) is 2.97. The van der Waals surface area contributed by atoms with Crippen molar-refractivity contribution in [2.75, 3.05) is 6.54 Å². The predicted molar refractivity (Wildman–Crippen MR) is 103 cm³/mol. The maximum absolute atomic E-state index is 12.5. The van der Waals surface area contributed by atoms with Crippen molar-refractivity contribution in [3.05, 3.63) is 60.2 Å². The number of carbonyl (C=O) groups excluding carboxylic acids is 3. The van der Waals surface area contributed by atoms with E-state index in [1.165, 1.54) is 0 Å². The van der Waals surface area contributed by atoms with Gasteiger partial charge in [-0.1, -0.05) is 48.6 Å². The van der Waals surface area contributed by atoms with Crippen molar-refractivity contribution in [2.24, 2.45) is 11.8 Å². The number of carbonyl (C=O) groups is 3. The number of imide groups is 1. The van der Waals surface area contributed by atoms with Crippen LogP contribution in [0.2, 0.25) is 0 Å². The molecule has 1 aliphatic heterocycles. The Morgan fingerprint density at radius 1 is 1.04 bits per heavy atom. The molecule has 2 aromatic rings. The summed E-state index contributed by atoms with van der Waals surface area (Å²) < 4.78 is 0. The van der Waals surface area contributed by atoms with Gasteiger partial charge >= 0.3 is 0 Å². The molecule has 3 unspecified atom stereocenters. The Bertz CT molecular complexity index is 923. The van der Waals surface area contributed by atoms with E-state index in [1.807, 2.05) is 61.5 Å². The molecule has 4 rings (SSSR count). The molecule has 138 valence electrons. The third-order valence-electron chi connectivity index (χ3n) is 5.55. The fraction of sp³-hybridized carbons (Fsp3) is 0.318. The molecule has 2 aliphatic rings. The summed E-state index contributed by atoms with van der Waals surface area (Å²) >= 11 is 0. The average molecular weight is 362 g/mol. The number of hydrogen-bond donors (Lipinski definition) is 1. The second-order valence-electron chi connectivity index (χ2n) is 7.31. The molecule has 0 spiro atoms. The van der Waals surface area contributed by atoms with Crippen molar-refractivity contribution in [3.63, 3.8) is 0 Å². The van der Waals surface area contributed by atoms with Gasteiger partial charge < -0.3 is 5.32 Å². The molecule has 3 atom stereocenters. The van der Waals surface area contributed by atoms with Gasteiger partial charge in [-0.25, -0.2) is 0 Å². The van der Waals surface area contributed by atoms with Crippen LogP contribution < -0.4 is 5.32 Å². The SMILES string of the molecule is CC(NC(=O)CN1C(=O)C2CC=CCC2C1=O)c1ccc2ccccc2c1. The van der Waals surface area contributed by atoms with E-state index < -0.39 is 0 Å². The largest absolute Gasteiger partial charge is 0.348 e. The molecule has 1 saturated heterocycles. The second kappa shape index (κ2) is 6.99. The van der Waals surface area contributed by atoms with Gasteiger partial charge in [0.05, 0.1) is 17.9 Å². The maximum atomic E-state index is 12.5. The van der Waals surface area contributed by atoms with Crippen LogP contribution in [-0.4, -0.2) is 29.2 Å². The Balaban J connectivity index is 1.42. The number of rotatable bonds is 4. The van der Waals surface area contributed by atoms with Crippen LogP contribution in [0.4, 0.5) is 0 Å². The molecular weight excluding hydrogens is 340 g/mol. The quantitative estimate of drug-likeness (QED) is 0.672. The van der Waals surface area contributed by atoms with Gasteiger partial charge in [0, 0.05) is 0 Å². The first-order valence-electron chi connectivity index (χ1n) is 9.33. The fourth-order valence-corrected chi connectivity index (χ4v) is 4.02. The Kier molecular flexibility index (Phi) is 4.52. The van der Waals surface area contributed by atoms with Crippen LogP contribution >= 0.6 is 0 Å². The van der Waals surface area contributed by atoms with Crippen molar-refractivity contribution in [1.29, 1.82) is 0 Å². The normalized spacial score (nSPS) is 22.8. The van der Waals surface area contributed by atoms with Crippen LogP contribution in [0.1, 0.15) is 31.4 Å². The van der Waals surface area contributed by atoms with Gasteiger partial charge in [0.25, 0.3) is 0 Å². The fourth-order valence-electron chi connectivity index (χ4n) is 4.02. The molecule has 2 aromatic carbocycles. The Hall–Kier alpha value is -2.95. The molecule has 5 nitrogen and oxygen atoms in total. The first kappa shape index (κ1) is 17.5. The number of amides is 3. The smallest absolute Gasteiger partial charge is 0.240 e. The Labute approximate surface area is 158 Å². The lowest BCUT2D eigenvalue weighted by Crippen LogP contribution is -2.41. The molecular formula is C22H22N2O3. The maximum Gasteiger partial charge on any atom is 0.240 e. The van der Waals surface area contributed by atoms with Crippen molar-refractivity contribution in [3.8, 4) is 0 Å². The molecule has 1 fully saturated rings. The van der Waals surface area contributed by atoms with Gasteiger partial charge in [-0.3, -0.25) is 19.3 Å². The summed E-state index contributed by atoms with van der Waals surface area (Å²) in [4.78, 5) is 38.6. The van der Waals surface area contributed by atoms with Crippen LogP contribution in [0.3, 0.4) is 0 Å². The van der Waals surface area contributed by atoms with E-state index in [0.717, 1.165) is 21.2 Å². The molecule has 3 amide bonds. The van der Waals surface area contributed by atoms with Crippen molar-refractivity contribution < 1.29 is 14.4 Å². The molecule has 1 N–H and O–H groups in total. The second-order valence-corrected chi connectivity index (χ2v) is 7.31. The summed E-state index contributed by atoms with van der Waals surface area (Å²) in [6, 6.07) is 13.9. The number of allylic oxidation sites excluding steroid dienone is 2. The standard InChI is InChI=1S/C22H22N2O3/c1-14(16-11-10-15-6-2-3-7-17(15)12-16)23-20(25)13-24-21(26)18-8-4-5-9-19(18)22(24)27/h2-7,10-12,14,18-19H,8-9,13H2,1H3,(H,23,25). The molecule has 1 aliphatic carbocycles. The lowest BCUT2D eigenvalue weighted by atomic mass is 9.85. The highest BCUT2D eigenvalue weighted by molar-refractivity contribution is 6.07. The summed E-state index contributed by atoms with van der Waals surface area (Å²) in [5.74, 6) is -1.35. The van der Waals surface area contributed by atoms with Crippen LogP contribution in [0.25, 0.3) is 10.8 Å². The molecule has 0 radical (unpaired) electrons. The van der Waals surface area contributed by atoms with Gasteiger partial charge in [-0.2, -0.15) is 0 Å². The van der Waals surface area contributed by atoms with E-state index in [9.17, 15) is 14.4 Å². The molecule has 1 heterocycles. The topological polar surface area (TPSA) is 66.5 Å². The zero-order valence-electron chi connectivity index (χ0n) is 15.2. The monoisotopic (exact) mass is 362 g/mol. The molecule has 0 saturated carbocycles. The Morgan fingerprint density at radius 2 is 1.67 bits per heavy atom. The van der Waals surface area contributed by atoms with Crippen molar-refractivity contribution in [1.82, 2.24) is 10.2 Å².